The van der Waals surface area contributed by atoms with Crippen molar-refractivity contribution in [1.29, 1.82) is 0 Å². The minimum absolute atomic E-state index is 0.0122. The van der Waals surface area contributed by atoms with Crippen molar-refractivity contribution in [2.24, 2.45) is 0 Å². The van der Waals surface area contributed by atoms with Gasteiger partial charge >= 0.3 is 12.1 Å². The summed E-state index contributed by atoms with van der Waals surface area (Å²) in [6, 6.07) is 8.55. The maximum Gasteiger partial charge on any atom is 0.408 e. The highest BCUT2D eigenvalue weighted by atomic mass is 16.6. The van der Waals surface area contributed by atoms with E-state index in [9.17, 15) is 14.4 Å². The van der Waals surface area contributed by atoms with Crippen molar-refractivity contribution in [2.75, 3.05) is 6.54 Å². The predicted octanol–water partition coefficient (Wildman–Crippen LogP) is 3.41. The highest BCUT2D eigenvalue weighted by Crippen LogP contribution is 2.18. The van der Waals surface area contributed by atoms with Gasteiger partial charge in [-0.25, -0.2) is 9.59 Å². The molecule has 2 atom stereocenters. The first kappa shape index (κ1) is 22.7. The van der Waals surface area contributed by atoms with Crippen molar-refractivity contribution in [2.45, 2.75) is 77.7 Å². The summed E-state index contributed by atoms with van der Waals surface area (Å²) in [6.07, 6.45) is 1.59. The number of amides is 2. The average Bonchev–Trinajstić information content (AvgIpc) is 3.08. The molecule has 2 rings (SSSR count). The van der Waals surface area contributed by atoms with Gasteiger partial charge in [-0.1, -0.05) is 30.3 Å². The minimum Gasteiger partial charge on any atom is -0.459 e. The number of hydrogen-bond donors (Lipinski definition) is 1. The van der Waals surface area contributed by atoms with E-state index in [4.69, 9.17) is 9.47 Å². The van der Waals surface area contributed by atoms with Gasteiger partial charge in [0.1, 0.15) is 18.2 Å². The number of carbonyl (C=O) groups is 3. The normalized spacial score (nSPS) is 17.5. The first-order valence-electron chi connectivity index (χ1n) is 10.2. The number of nitrogens with zero attached hydrogens (tertiary/aromatic N) is 1. The van der Waals surface area contributed by atoms with Crippen molar-refractivity contribution >= 4 is 18.0 Å². The molecule has 1 aliphatic heterocycles. The molecule has 0 aromatic heterocycles. The zero-order chi connectivity index (χ0) is 21.4. The predicted molar refractivity (Wildman–Crippen MR) is 109 cm³/mol. The SMILES string of the molecule is CC1CCCN1C(=O)CC[C@@H](NC(=O)OC(C)(C)C)C(=O)OCc1ccccc1. The lowest BCUT2D eigenvalue weighted by molar-refractivity contribution is -0.148. The summed E-state index contributed by atoms with van der Waals surface area (Å²) in [5, 5.41) is 2.56. The number of rotatable bonds is 7. The Morgan fingerprint density at radius 3 is 2.48 bits per heavy atom. The largest absolute Gasteiger partial charge is 0.459 e. The molecular formula is C22H32N2O5. The Balaban J connectivity index is 1.96. The number of ether oxygens (including phenoxy) is 2. The molecule has 1 heterocycles. The third kappa shape index (κ3) is 7.75. The summed E-state index contributed by atoms with van der Waals surface area (Å²) in [7, 11) is 0. The minimum atomic E-state index is -0.949. The van der Waals surface area contributed by atoms with Crippen LogP contribution in [0.15, 0.2) is 30.3 Å². The summed E-state index contributed by atoms with van der Waals surface area (Å²) in [5.41, 5.74) is 0.155. The number of carbonyl (C=O) groups excluding carboxylic acids is 3. The van der Waals surface area contributed by atoms with Crippen molar-refractivity contribution in [3.8, 4) is 0 Å². The molecule has 7 heteroatoms. The fourth-order valence-corrected chi connectivity index (χ4v) is 3.24. The first-order chi connectivity index (χ1) is 13.7. The molecule has 1 unspecified atom stereocenters. The Morgan fingerprint density at radius 1 is 1.21 bits per heavy atom. The second-order valence-electron chi connectivity index (χ2n) is 8.41. The van der Waals surface area contributed by atoms with E-state index < -0.39 is 23.7 Å². The Morgan fingerprint density at radius 2 is 1.90 bits per heavy atom. The van der Waals surface area contributed by atoms with Gasteiger partial charge < -0.3 is 19.7 Å². The third-order valence-electron chi connectivity index (χ3n) is 4.72. The molecule has 0 spiro atoms. The zero-order valence-electron chi connectivity index (χ0n) is 17.8. The van der Waals surface area contributed by atoms with E-state index in [0.717, 1.165) is 24.9 Å². The van der Waals surface area contributed by atoms with Gasteiger partial charge in [-0.15, -0.1) is 0 Å². The van der Waals surface area contributed by atoms with E-state index in [2.05, 4.69) is 5.32 Å². The Bertz CT molecular complexity index is 699. The van der Waals surface area contributed by atoms with Crippen LogP contribution < -0.4 is 5.32 Å². The van der Waals surface area contributed by atoms with Gasteiger partial charge in [0.15, 0.2) is 0 Å². The molecule has 160 valence electrons. The van der Waals surface area contributed by atoms with E-state index in [0.29, 0.717) is 0 Å². The van der Waals surface area contributed by atoms with Crippen LogP contribution in [0.4, 0.5) is 4.79 Å². The monoisotopic (exact) mass is 404 g/mol. The van der Waals surface area contributed by atoms with E-state index >= 15 is 0 Å². The second kappa shape index (κ2) is 10.3. The van der Waals surface area contributed by atoms with Crippen LogP contribution in [0.25, 0.3) is 0 Å². The van der Waals surface area contributed by atoms with Crippen molar-refractivity contribution in [3.63, 3.8) is 0 Å². The van der Waals surface area contributed by atoms with Crippen LogP contribution in [0, 0.1) is 0 Å². The molecule has 0 saturated carbocycles. The number of nitrogens with one attached hydrogen (secondary N) is 1. The molecule has 0 radical (unpaired) electrons. The quantitative estimate of drug-likeness (QED) is 0.704. The van der Waals surface area contributed by atoms with E-state index in [1.165, 1.54) is 0 Å². The Kier molecular flexibility index (Phi) is 8.05. The second-order valence-corrected chi connectivity index (χ2v) is 8.41. The third-order valence-corrected chi connectivity index (χ3v) is 4.72. The Hall–Kier alpha value is -2.57. The summed E-state index contributed by atoms with van der Waals surface area (Å²) in [6.45, 7) is 8.09. The Labute approximate surface area is 172 Å². The number of hydrogen-bond acceptors (Lipinski definition) is 5. The van der Waals surface area contributed by atoms with Crippen LogP contribution in [0.3, 0.4) is 0 Å². The summed E-state index contributed by atoms with van der Waals surface area (Å²) < 4.78 is 10.6. The molecule has 7 nitrogen and oxygen atoms in total. The first-order valence-corrected chi connectivity index (χ1v) is 10.2. The molecule has 1 N–H and O–H groups in total. The molecule has 29 heavy (non-hydrogen) atoms. The van der Waals surface area contributed by atoms with Gasteiger partial charge in [-0.05, 0) is 52.5 Å². The maximum atomic E-state index is 12.6. The molecule has 1 fully saturated rings. The average molecular weight is 405 g/mol. The number of alkyl carbamates (subject to hydrolysis) is 1. The molecule has 2 amide bonds. The lowest BCUT2D eigenvalue weighted by Gasteiger charge is -2.24. The highest BCUT2D eigenvalue weighted by molar-refractivity contribution is 5.83. The fraction of sp³-hybridized carbons (Fsp3) is 0.591. The molecule has 0 bridgehead atoms. The molecule has 1 aliphatic rings. The smallest absolute Gasteiger partial charge is 0.408 e. The number of benzene rings is 1. The maximum absolute atomic E-state index is 12.6. The zero-order valence-corrected chi connectivity index (χ0v) is 17.8. The van der Waals surface area contributed by atoms with Crippen LogP contribution in [-0.2, 0) is 25.7 Å². The lowest BCUT2D eigenvalue weighted by Crippen LogP contribution is -2.45. The van der Waals surface area contributed by atoms with Crippen LogP contribution >= 0.6 is 0 Å². The summed E-state index contributed by atoms with van der Waals surface area (Å²) >= 11 is 0. The molecule has 0 aliphatic carbocycles. The van der Waals surface area contributed by atoms with Crippen molar-refractivity contribution in [3.05, 3.63) is 35.9 Å². The molecule has 1 aromatic rings. The van der Waals surface area contributed by atoms with Gasteiger partial charge in [-0.3, -0.25) is 4.79 Å². The summed E-state index contributed by atoms with van der Waals surface area (Å²) in [5.74, 6) is -0.594. The van der Waals surface area contributed by atoms with Gasteiger partial charge in [0.05, 0.1) is 0 Å². The van der Waals surface area contributed by atoms with E-state index in [1.54, 1.807) is 20.8 Å². The summed E-state index contributed by atoms with van der Waals surface area (Å²) in [4.78, 5) is 39.1. The highest BCUT2D eigenvalue weighted by Gasteiger charge is 2.29. The van der Waals surface area contributed by atoms with E-state index in [1.807, 2.05) is 42.2 Å². The van der Waals surface area contributed by atoms with Crippen molar-refractivity contribution < 1.29 is 23.9 Å². The fourth-order valence-electron chi connectivity index (χ4n) is 3.24. The topological polar surface area (TPSA) is 84.9 Å². The lowest BCUT2D eigenvalue weighted by atomic mass is 10.1. The van der Waals surface area contributed by atoms with E-state index in [-0.39, 0.29) is 31.4 Å². The number of likely N-dealkylation sites (tertiary alicyclic amines) is 1. The van der Waals surface area contributed by atoms with Crippen LogP contribution in [0.2, 0.25) is 0 Å². The number of esters is 1. The van der Waals surface area contributed by atoms with Crippen LogP contribution in [0.5, 0.6) is 0 Å². The van der Waals surface area contributed by atoms with Gasteiger partial charge in [0.25, 0.3) is 0 Å². The molecule has 1 saturated heterocycles. The standard InChI is InChI=1S/C22H32N2O5/c1-16-9-8-14-24(16)19(25)13-12-18(23-21(27)29-22(2,3)4)20(26)28-15-17-10-6-5-7-11-17/h5-7,10-11,16,18H,8-9,12-15H2,1-4H3,(H,23,27)/t16?,18-/m1/s1. The van der Waals surface area contributed by atoms with Crippen LogP contribution in [-0.4, -0.2) is 47.1 Å². The van der Waals surface area contributed by atoms with Crippen molar-refractivity contribution in [1.82, 2.24) is 10.2 Å². The van der Waals surface area contributed by atoms with Gasteiger partial charge in [0.2, 0.25) is 5.91 Å². The van der Waals surface area contributed by atoms with Gasteiger partial charge in [0, 0.05) is 19.0 Å². The van der Waals surface area contributed by atoms with Gasteiger partial charge in [-0.2, -0.15) is 0 Å². The molecular weight excluding hydrogens is 372 g/mol. The van der Waals surface area contributed by atoms with Crippen LogP contribution in [0.1, 0.15) is 58.9 Å². The molecule has 1 aromatic carbocycles.